The number of carbonyl (C=O) groups excluding carboxylic acids is 1. The van der Waals surface area contributed by atoms with Gasteiger partial charge in [0, 0.05) is 0 Å². The Balaban J connectivity index is 2.26. The van der Waals surface area contributed by atoms with Gasteiger partial charge in [-0.3, -0.25) is 4.79 Å². The number of benzene rings is 2. The Morgan fingerprint density at radius 2 is 1.81 bits per heavy atom. The van der Waals surface area contributed by atoms with Crippen LogP contribution in [0.25, 0.3) is 10.8 Å². The van der Waals surface area contributed by atoms with E-state index in [0.717, 1.165) is 22.1 Å². The van der Waals surface area contributed by atoms with Gasteiger partial charge in [0.1, 0.15) is 11.8 Å². The van der Waals surface area contributed by atoms with E-state index in [1.165, 1.54) is 0 Å². The van der Waals surface area contributed by atoms with Gasteiger partial charge >= 0.3 is 5.97 Å². The molecule has 0 radical (unpaired) electrons. The summed E-state index contributed by atoms with van der Waals surface area (Å²) in [6.07, 6.45) is -0.732. The van der Waals surface area contributed by atoms with E-state index in [4.69, 9.17) is 14.7 Å². The molecule has 0 saturated heterocycles. The summed E-state index contributed by atoms with van der Waals surface area (Å²) in [4.78, 5) is 12.0. The highest BCUT2D eigenvalue weighted by molar-refractivity contribution is 5.86. The lowest BCUT2D eigenvalue weighted by Crippen LogP contribution is -2.18. The molecule has 0 N–H and O–H groups in total. The number of ether oxygens (including phenoxy) is 2. The fourth-order valence-electron chi connectivity index (χ4n) is 2.08. The molecular formula is C17H17NO3. The van der Waals surface area contributed by atoms with Crippen LogP contribution in [0.3, 0.4) is 0 Å². The number of nitrogens with zero attached hydrogens (tertiary/aromatic N) is 1. The zero-order valence-electron chi connectivity index (χ0n) is 12.3. The van der Waals surface area contributed by atoms with Crippen LogP contribution in [0.15, 0.2) is 36.4 Å². The number of hydrogen-bond donors (Lipinski definition) is 0. The second kappa shape index (κ2) is 6.27. The van der Waals surface area contributed by atoms with Crippen LogP contribution >= 0.6 is 0 Å². The predicted octanol–water partition coefficient (Wildman–Crippen LogP) is 3.41. The van der Waals surface area contributed by atoms with Crippen molar-refractivity contribution in [2.75, 3.05) is 7.11 Å². The van der Waals surface area contributed by atoms with Gasteiger partial charge in [-0.2, -0.15) is 5.26 Å². The molecule has 0 aromatic heterocycles. The van der Waals surface area contributed by atoms with Gasteiger partial charge in [0.05, 0.1) is 13.0 Å². The van der Waals surface area contributed by atoms with Crippen LogP contribution in [0, 0.1) is 11.3 Å². The second-order valence-corrected chi connectivity index (χ2v) is 4.90. The van der Waals surface area contributed by atoms with Crippen LogP contribution in [0.1, 0.15) is 25.3 Å². The molecular weight excluding hydrogens is 266 g/mol. The number of rotatable bonds is 4. The molecule has 0 heterocycles. The average molecular weight is 283 g/mol. The van der Waals surface area contributed by atoms with Crippen LogP contribution < -0.4 is 4.74 Å². The van der Waals surface area contributed by atoms with Crippen LogP contribution in [0.5, 0.6) is 5.75 Å². The van der Waals surface area contributed by atoms with E-state index in [0.29, 0.717) is 0 Å². The number of hydrogen-bond acceptors (Lipinski definition) is 4. The lowest BCUT2D eigenvalue weighted by atomic mass is 9.98. The van der Waals surface area contributed by atoms with Crippen LogP contribution in [-0.2, 0) is 9.53 Å². The highest BCUT2D eigenvalue weighted by Crippen LogP contribution is 2.25. The summed E-state index contributed by atoms with van der Waals surface area (Å²) in [5.41, 5.74) is 0.864. The van der Waals surface area contributed by atoms with Gasteiger partial charge in [-0.25, -0.2) is 0 Å². The Bertz CT molecular complexity index is 703. The van der Waals surface area contributed by atoms with Crippen LogP contribution in [-0.4, -0.2) is 19.2 Å². The van der Waals surface area contributed by atoms with Crippen molar-refractivity contribution in [2.24, 2.45) is 0 Å². The molecule has 0 aliphatic carbocycles. The van der Waals surface area contributed by atoms with Gasteiger partial charge in [0.25, 0.3) is 0 Å². The summed E-state index contributed by atoms with van der Waals surface area (Å²) in [6.45, 7) is 3.33. The minimum absolute atomic E-state index is 0.392. The lowest BCUT2D eigenvalue weighted by molar-refractivity contribution is -0.147. The molecule has 4 nitrogen and oxygen atoms in total. The maximum Gasteiger partial charge on any atom is 0.314 e. The Morgan fingerprint density at radius 3 is 2.48 bits per heavy atom. The van der Waals surface area contributed by atoms with Gasteiger partial charge < -0.3 is 9.47 Å². The fraction of sp³-hybridized carbons (Fsp3) is 0.294. The molecule has 2 atom stereocenters. The monoisotopic (exact) mass is 283 g/mol. The van der Waals surface area contributed by atoms with Gasteiger partial charge in [0.2, 0.25) is 0 Å². The topological polar surface area (TPSA) is 59.3 Å². The first kappa shape index (κ1) is 14.9. The summed E-state index contributed by atoms with van der Waals surface area (Å²) in [6, 6.07) is 13.5. The summed E-state index contributed by atoms with van der Waals surface area (Å²) in [5.74, 6) is -0.00485. The molecule has 4 heteroatoms. The summed E-state index contributed by atoms with van der Waals surface area (Å²) in [7, 11) is 1.63. The molecule has 0 aliphatic heterocycles. The fourth-order valence-corrected chi connectivity index (χ4v) is 2.08. The molecule has 0 spiro atoms. The maximum atomic E-state index is 12.0. The zero-order chi connectivity index (χ0) is 15.4. The third-order valence-corrected chi connectivity index (χ3v) is 3.40. The number of fused-ring (bicyclic) bond motifs is 1. The average Bonchev–Trinajstić information content (AvgIpc) is 2.52. The number of nitriles is 1. The van der Waals surface area contributed by atoms with Crippen LogP contribution in [0.4, 0.5) is 0 Å². The molecule has 2 aromatic carbocycles. The van der Waals surface area contributed by atoms with E-state index in [1.54, 1.807) is 21.0 Å². The highest BCUT2D eigenvalue weighted by Gasteiger charge is 2.19. The number of esters is 1. The predicted molar refractivity (Wildman–Crippen MR) is 80.1 cm³/mol. The number of carbonyl (C=O) groups is 1. The Hall–Kier alpha value is -2.54. The first-order chi connectivity index (χ1) is 10.0. The normalized spacial score (nSPS) is 13.2. The largest absolute Gasteiger partial charge is 0.497 e. The minimum atomic E-state index is -0.732. The number of methoxy groups -OCH3 is 1. The van der Waals surface area contributed by atoms with Crippen molar-refractivity contribution in [3.05, 3.63) is 42.0 Å². The third kappa shape index (κ3) is 3.32. The molecule has 0 aliphatic rings. The van der Waals surface area contributed by atoms with Crippen molar-refractivity contribution in [3.63, 3.8) is 0 Å². The minimum Gasteiger partial charge on any atom is -0.497 e. The van der Waals surface area contributed by atoms with Crippen LogP contribution in [0.2, 0.25) is 0 Å². The van der Waals surface area contributed by atoms with E-state index in [1.807, 2.05) is 42.5 Å². The van der Waals surface area contributed by atoms with E-state index in [9.17, 15) is 4.79 Å². The van der Waals surface area contributed by atoms with Crippen molar-refractivity contribution in [1.29, 1.82) is 5.26 Å². The third-order valence-electron chi connectivity index (χ3n) is 3.40. The molecule has 0 amide bonds. The van der Waals surface area contributed by atoms with Gasteiger partial charge in [0.15, 0.2) is 6.10 Å². The van der Waals surface area contributed by atoms with Gasteiger partial charge in [-0.15, -0.1) is 0 Å². The summed E-state index contributed by atoms with van der Waals surface area (Å²) >= 11 is 0. The quantitative estimate of drug-likeness (QED) is 0.807. The maximum absolute atomic E-state index is 12.0. The summed E-state index contributed by atoms with van der Waals surface area (Å²) < 4.78 is 10.2. The molecule has 0 unspecified atom stereocenters. The first-order valence-electron chi connectivity index (χ1n) is 6.73. The van der Waals surface area contributed by atoms with Crippen molar-refractivity contribution >= 4 is 16.7 Å². The molecule has 108 valence electrons. The molecule has 0 fully saturated rings. The Labute approximate surface area is 123 Å². The standard InChI is InChI=1S/C17H17NO3/c1-11(10-18)21-17(19)12(2)13-4-5-15-9-16(20-3)7-6-14(15)8-13/h4-9,11-12H,1-3H3/t11-,12+/m1/s1. The van der Waals surface area contributed by atoms with Crippen molar-refractivity contribution < 1.29 is 14.3 Å². The molecule has 21 heavy (non-hydrogen) atoms. The molecule has 0 bridgehead atoms. The molecule has 2 rings (SSSR count). The van der Waals surface area contributed by atoms with Crippen molar-refractivity contribution in [1.82, 2.24) is 0 Å². The zero-order valence-corrected chi connectivity index (χ0v) is 12.3. The molecule has 2 aromatic rings. The molecule has 0 saturated carbocycles. The van der Waals surface area contributed by atoms with E-state index in [2.05, 4.69) is 0 Å². The van der Waals surface area contributed by atoms with E-state index >= 15 is 0 Å². The van der Waals surface area contributed by atoms with E-state index in [-0.39, 0.29) is 0 Å². The van der Waals surface area contributed by atoms with Crippen molar-refractivity contribution in [3.8, 4) is 11.8 Å². The second-order valence-electron chi connectivity index (χ2n) is 4.90. The van der Waals surface area contributed by atoms with E-state index < -0.39 is 18.0 Å². The summed E-state index contributed by atoms with van der Waals surface area (Å²) in [5, 5.41) is 10.8. The highest BCUT2D eigenvalue weighted by atomic mass is 16.5. The smallest absolute Gasteiger partial charge is 0.314 e. The van der Waals surface area contributed by atoms with Gasteiger partial charge in [-0.1, -0.05) is 24.3 Å². The Morgan fingerprint density at radius 1 is 1.14 bits per heavy atom. The van der Waals surface area contributed by atoms with Crippen molar-refractivity contribution in [2.45, 2.75) is 25.9 Å². The first-order valence-corrected chi connectivity index (χ1v) is 6.73. The van der Waals surface area contributed by atoms with Gasteiger partial charge in [-0.05, 0) is 42.3 Å². The lowest BCUT2D eigenvalue weighted by Gasteiger charge is -2.13. The Kier molecular flexibility index (Phi) is 4.44. The SMILES string of the molecule is COc1ccc2cc([C@H](C)C(=O)O[C@H](C)C#N)ccc2c1.